The zero-order valence-corrected chi connectivity index (χ0v) is 10.6. The van der Waals surface area contributed by atoms with Crippen LogP contribution in [0.2, 0.25) is 0 Å². The Kier molecular flexibility index (Phi) is 2.49. The summed E-state index contributed by atoms with van der Waals surface area (Å²) in [6.45, 7) is 0.0443. The molecule has 0 aliphatic carbocycles. The van der Waals surface area contributed by atoms with Gasteiger partial charge < -0.3 is 0 Å². The molecule has 2 N–H and O–H groups in total. The minimum absolute atomic E-state index is 0.00923. The molecule has 0 aromatic rings. The molecule has 2 rings (SSSR count). The molecule has 0 aromatic heterocycles. The first-order valence-electron chi connectivity index (χ1n) is 3.26. The number of esters is 1. The van der Waals surface area contributed by atoms with Gasteiger partial charge in [0.2, 0.25) is 0 Å². The van der Waals surface area contributed by atoms with E-state index < -0.39 is 20.4 Å². The summed E-state index contributed by atoms with van der Waals surface area (Å²) in [6.07, 6.45) is 0. The molecule has 0 saturated carbocycles. The fourth-order valence-electron chi connectivity index (χ4n) is 0.783. The van der Waals surface area contributed by atoms with E-state index in [9.17, 15) is 4.79 Å². The molecule has 5 nitrogen and oxygen atoms in total. The number of carbonyl (C=O) groups is 1. The molecular formula is C5H8I2N2O3. The number of hydrogen-bond donors (Lipinski definition) is 2. The molecule has 0 radical (unpaired) electrons. The third kappa shape index (κ3) is 1.45. The summed E-state index contributed by atoms with van der Waals surface area (Å²) >= 11 is 1.10. The van der Waals surface area contributed by atoms with Crippen LogP contribution in [0.15, 0.2) is 0 Å². The van der Waals surface area contributed by atoms with Gasteiger partial charge >= 0.3 is 91.8 Å². The summed E-state index contributed by atoms with van der Waals surface area (Å²) in [4.78, 5) is 11.3. The monoisotopic (exact) mass is 398 g/mol. The second kappa shape index (κ2) is 3.19. The third-order valence-electron chi connectivity index (χ3n) is 1.57. The van der Waals surface area contributed by atoms with Crippen LogP contribution in [0, 0.1) is 0 Å². The van der Waals surface area contributed by atoms with Crippen LogP contribution in [-0.2, 0) is 14.3 Å². The first kappa shape index (κ1) is 9.37. The standard InChI is InChI=1S/C5H8I2N2O3/c1-11-2-12-4(10)3(6)5-7(8-5)9-5/h3,8-9H,2H2,1H3. The van der Waals surface area contributed by atoms with E-state index in [0.29, 0.717) is 0 Å². The molecule has 7 heteroatoms. The van der Waals surface area contributed by atoms with Gasteiger partial charge in [-0.15, -0.1) is 0 Å². The van der Waals surface area contributed by atoms with Crippen LogP contribution in [-0.4, -0.2) is 27.5 Å². The number of fused-ring (bicyclic) bond motifs is 1. The van der Waals surface area contributed by atoms with Crippen LogP contribution in [0.25, 0.3) is 0 Å². The summed E-state index contributed by atoms with van der Waals surface area (Å²) in [5.41, 5.74) is 0. The van der Waals surface area contributed by atoms with Crippen LogP contribution in [0.5, 0.6) is 0 Å². The van der Waals surface area contributed by atoms with Crippen LogP contribution >= 0.6 is 43.0 Å². The maximum absolute atomic E-state index is 11.3. The van der Waals surface area contributed by atoms with Crippen molar-refractivity contribution >= 4 is 48.9 Å². The molecule has 2 heterocycles. The summed E-state index contributed by atoms with van der Waals surface area (Å²) in [5, 5.41) is 0. The van der Waals surface area contributed by atoms with Gasteiger partial charge in [-0.2, -0.15) is 0 Å². The first-order valence-corrected chi connectivity index (χ1v) is 7.74. The fraction of sp³-hybridized carbons (Fsp3) is 0.800. The second-order valence-electron chi connectivity index (χ2n) is 2.42. The molecular weight excluding hydrogens is 390 g/mol. The number of rotatable bonds is 4. The van der Waals surface area contributed by atoms with E-state index in [1.807, 2.05) is 0 Å². The summed E-state index contributed by atoms with van der Waals surface area (Å²) in [7, 11) is 1.50. The SMILES string of the molecule is COCOC(=O)C(I)C12NI1N2. The number of hydrogen-bond acceptors (Lipinski definition) is 5. The van der Waals surface area contributed by atoms with Crippen molar-refractivity contribution in [2.45, 2.75) is 7.59 Å². The molecule has 2 aliphatic heterocycles. The van der Waals surface area contributed by atoms with Crippen LogP contribution in [0.1, 0.15) is 0 Å². The normalized spacial score (nSPS) is 27.3. The second-order valence-corrected chi connectivity index (χ2v) is 8.06. The fourth-order valence-corrected chi connectivity index (χ4v) is 8.20. The first-order chi connectivity index (χ1) is 5.70. The Balaban J connectivity index is 1.79. The van der Waals surface area contributed by atoms with E-state index in [-0.39, 0.29) is 20.4 Å². The van der Waals surface area contributed by atoms with Crippen molar-refractivity contribution in [2.24, 2.45) is 0 Å². The molecule has 0 amide bonds. The topological polar surface area (TPSA) is 79.4 Å². The van der Waals surface area contributed by atoms with Gasteiger partial charge in [0.05, 0.1) is 0 Å². The molecule has 2 aliphatic rings. The molecule has 1 unspecified atom stereocenters. The van der Waals surface area contributed by atoms with Gasteiger partial charge in [0.15, 0.2) is 0 Å². The molecule has 2 saturated heterocycles. The van der Waals surface area contributed by atoms with E-state index in [2.05, 4.69) is 34.4 Å². The van der Waals surface area contributed by atoms with E-state index in [1.165, 1.54) is 7.11 Å². The maximum atomic E-state index is 11.3. The molecule has 0 bridgehead atoms. The van der Waals surface area contributed by atoms with Gasteiger partial charge in [0.1, 0.15) is 0 Å². The summed E-state index contributed by atoms with van der Waals surface area (Å²) in [6, 6.07) is 0. The Morgan fingerprint density at radius 2 is 2.33 bits per heavy atom. The van der Waals surface area contributed by atoms with Gasteiger partial charge in [-0.25, -0.2) is 0 Å². The Morgan fingerprint density at radius 1 is 1.75 bits per heavy atom. The van der Waals surface area contributed by atoms with E-state index in [4.69, 9.17) is 4.74 Å². The van der Waals surface area contributed by atoms with Gasteiger partial charge in [-0.3, -0.25) is 0 Å². The number of alkyl halides is 2. The molecule has 1 atom stereocenters. The summed E-state index contributed by atoms with van der Waals surface area (Å²) < 4.78 is 15.9. The van der Waals surface area contributed by atoms with Crippen molar-refractivity contribution < 1.29 is 14.3 Å². The Morgan fingerprint density at radius 3 is 2.75 bits per heavy atom. The third-order valence-corrected chi connectivity index (χ3v) is 8.77. The van der Waals surface area contributed by atoms with E-state index in [0.717, 1.165) is 0 Å². The number of nitrogens with one attached hydrogen (secondary N) is 2. The van der Waals surface area contributed by atoms with E-state index >= 15 is 0 Å². The molecule has 70 valence electrons. The molecule has 0 spiro atoms. The van der Waals surface area contributed by atoms with Crippen molar-refractivity contribution in [3.63, 3.8) is 0 Å². The Hall–Kier alpha value is 0.810. The molecule has 0 aromatic carbocycles. The molecule has 2 fully saturated rings. The van der Waals surface area contributed by atoms with Crippen molar-refractivity contribution in [3.05, 3.63) is 0 Å². The minimum atomic E-state index is -1.01. The zero-order valence-electron chi connectivity index (χ0n) is 6.27. The van der Waals surface area contributed by atoms with Crippen molar-refractivity contribution in [1.29, 1.82) is 0 Å². The van der Waals surface area contributed by atoms with Gasteiger partial charge in [0.25, 0.3) is 0 Å². The van der Waals surface area contributed by atoms with Gasteiger partial charge in [-0.05, 0) is 0 Å². The predicted octanol–water partition coefficient (Wildman–Crippen LogP) is 0.134. The number of carbonyl (C=O) groups excluding carboxylic acids is 1. The van der Waals surface area contributed by atoms with Crippen molar-refractivity contribution in [2.75, 3.05) is 13.9 Å². The predicted molar refractivity (Wildman–Crippen MR) is 58.8 cm³/mol. The number of methoxy groups -OCH3 is 1. The van der Waals surface area contributed by atoms with E-state index in [1.54, 1.807) is 0 Å². The van der Waals surface area contributed by atoms with Crippen molar-refractivity contribution in [3.8, 4) is 0 Å². The number of halogens is 2. The van der Waals surface area contributed by atoms with Crippen LogP contribution in [0.4, 0.5) is 0 Å². The van der Waals surface area contributed by atoms with Crippen molar-refractivity contribution in [1.82, 2.24) is 7.06 Å². The summed E-state index contributed by atoms with van der Waals surface area (Å²) in [5.74, 6) is -0.199. The number of ether oxygens (including phenoxy) is 2. The zero-order chi connectivity index (χ0) is 8.77. The molecule has 12 heavy (non-hydrogen) atoms. The van der Waals surface area contributed by atoms with Gasteiger partial charge in [-0.1, -0.05) is 0 Å². The quantitative estimate of drug-likeness (QED) is 0.134. The van der Waals surface area contributed by atoms with Gasteiger partial charge in [0, 0.05) is 0 Å². The Bertz CT molecular complexity index is 219. The average molecular weight is 398 g/mol. The van der Waals surface area contributed by atoms with Crippen LogP contribution in [0.3, 0.4) is 0 Å². The average Bonchev–Trinajstić information content (AvgIpc) is 2.84. The van der Waals surface area contributed by atoms with Crippen LogP contribution < -0.4 is 7.06 Å². The Labute approximate surface area is 91.2 Å².